The largest absolute Gasteiger partial charge is 0.446 e. The maximum Gasteiger partial charge on any atom is 0.404 e. The van der Waals surface area contributed by atoms with Gasteiger partial charge in [0.05, 0.1) is 14.8 Å². The third-order valence-electron chi connectivity index (χ3n) is 5.38. The van der Waals surface area contributed by atoms with Crippen molar-refractivity contribution in [3.05, 3.63) is 35.0 Å². The van der Waals surface area contributed by atoms with Crippen molar-refractivity contribution in [1.82, 2.24) is 15.0 Å². The molecule has 1 fully saturated rings. The SMILES string of the molecule is CCNS(=O)(=O)c1cc(C(=O)NC(C)C)ccc1-c1cnc(C2CCC(OC(N)=O)CC2)s1. The zero-order chi connectivity index (χ0) is 24.2. The van der Waals surface area contributed by atoms with Gasteiger partial charge in [-0.2, -0.15) is 0 Å². The second kappa shape index (κ2) is 10.6. The number of sulfonamides is 1. The number of hydrogen-bond donors (Lipinski definition) is 3. The highest BCUT2D eigenvalue weighted by Gasteiger charge is 2.28. The molecule has 0 unspecified atom stereocenters. The van der Waals surface area contributed by atoms with Gasteiger partial charge in [0.1, 0.15) is 6.10 Å². The molecule has 1 aliphatic rings. The first-order valence-corrected chi connectivity index (χ1v) is 13.3. The van der Waals surface area contributed by atoms with Gasteiger partial charge in [-0.15, -0.1) is 11.3 Å². The summed E-state index contributed by atoms with van der Waals surface area (Å²) < 4.78 is 33.5. The Morgan fingerprint density at radius 3 is 2.55 bits per heavy atom. The summed E-state index contributed by atoms with van der Waals surface area (Å²) in [6.45, 7) is 5.62. The first-order valence-electron chi connectivity index (χ1n) is 11.0. The molecule has 1 aromatic heterocycles. The number of nitrogens with one attached hydrogen (secondary N) is 2. The molecule has 2 aromatic rings. The molecular formula is C22H30N4O5S2. The van der Waals surface area contributed by atoms with Gasteiger partial charge in [-0.25, -0.2) is 22.9 Å². The molecule has 0 spiro atoms. The van der Waals surface area contributed by atoms with Crippen molar-refractivity contribution in [2.75, 3.05) is 6.54 Å². The minimum absolute atomic E-state index is 0.0505. The van der Waals surface area contributed by atoms with Crippen LogP contribution in [-0.4, -0.2) is 44.1 Å². The smallest absolute Gasteiger partial charge is 0.404 e. The Hall–Kier alpha value is -2.50. The van der Waals surface area contributed by atoms with Gasteiger partial charge in [0.2, 0.25) is 10.0 Å². The quantitative estimate of drug-likeness (QED) is 0.514. The van der Waals surface area contributed by atoms with Crippen LogP contribution in [0.25, 0.3) is 10.4 Å². The fourth-order valence-electron chi connectivity index (χ4n) is 3.90. The van der Waals surface area contributed by atoms with Gasteiger partial charge in [0, 0.05) is 35.8 Å². The molecule has 11 heteroatoms. The van der Waals surface area contributed by atoms with E-state index in [0.29, 0.717) is 23.3 Å². The first-order chi connectivity index (χ1) is 15.6. The third-order valence-corrected chi connectivity index (χ3v) is 8.16. The summed E-state index contributed by atoms with van der Waals surface area (Å²) in [5.74, 6) is -0.120. The number of nitrogens with two attached hydrogens (primary N) is 1. The third kappa shape index (κ3) is 6.30. The number of amides is 2. The second-order valence-corrected chi connectivity index (χ2v) is 11.1. The Bertz CT molecular complexity index is 1110. The van der Waals surface area contributed by atoms with E-state index in [2.05, 4.69) is 15.0 Å². The van der Waals surface area contributed by atoms with Crippen molar-refractivity contribution in [2.24, 2.45) is 5.73 Å². The van der Waals surface area contributed by atoms with Crippen molar-refractivity contribution < 1.29 is 22.7 Å². The standard InChI is InChI=1S/C22H30N4O5S2/c1-4-25-33(29,30)19-11-15(20(27)26-13(2)3)7-10-17(19)18-12-24-21(32-18)14-5-8-16(9-6-14)31-22(23)28/h7,10-14,16,25H,4-6,8-9H2,1-3H3,(H2,23,28)(H,26,27). The molecule has 1 aromatic carbocycles. The van der Waals surface area contributed by atoms with Gasteiger partial charge >= 0.3 is 6.09 Å². The Kier molecular flexibility index (Phi) is 8.09. The lowest BCUT2D eigenvalue weighted by Gasteiger charge is -2.26. The van der Waals surface area contributed by atoms with Gasteiger partial charge in [0.25, 0.3) is 5.91 Å². The fraction of sp³-hybridized carbons (Fsp3) is 0.500. The van der Waals surface area contributed by atoms with Gasteiger partial charge in [-0.1, -0.05) is 13.0 Å². The van der Waals surface area contributed by atoms with Gasteiger partial charge in [-0.05, 0) is 51.7 Å². The average molecular weight is 495 g/mol. The highest BCUT2D eigenvalue weighted by atomic mass is 32.2. The fourth-order valence-corrected chi connectivity index (χ4v) is 6.37. The lowest BCUT2D eigenvalue weighted by atomic mass is 9.88. The minimum atomic E-state index is -3.82. The molecule has 4 N–H and O–H groups in total. The summed E-state index contributed by atoms with van der Waals surface area (Å²) in [5.41, 5.74) is 5.89. The van der Waals surface area contributed by atoms with Crippen LogP contribution in [0.4, 0.5) is 4.79 Å². The average Bonchev–Trinajstić information content (AvgIpc) is 3.23. The van der Waals surface area contributed by atoms with Crippen LogP contribution in [0.2, 0.25) is 0 Å². The number of ether oxygens (including phenoxy) is 1. The summed E-state index contributed by atoms with van der Waals surface area (Å²) >= 11 is 1.44. The van der Waals surface area contributed by atoms with Gasteiger partial charge in [-0.3, -0.25) is 4.79 Å². The number of benzene rings is 1. The molecular weight excluding hydrogens is 464 g/mol. The van der Waals surface area contributed by atoms with Crippen LogP contribution in [0.3, 0.4) is 0 Å². The molecule has 1 heterocycles. The van der Waals surface area contributed by atoms with E-state index in [1.807, 2.05) is 13.8 Å². The highest BCUT2D eigenvalue weighted by Crippen LogP contribution is 2.40. The Morgan fingerprint density at radius 2 is 1.94 bits per heavy atom. The van der Waals surface area contributed by atoms with Crippen molar-refractivity contribution in [2.45, 2.75) is 69.4 Å². The number of carbonyl (C=O) groups is 2. The molecule has 33 heavy (non-hydrogen) atoms. The molecule has 180 valence electrons. The van der Waals surface area contributed by atoms with Crippen molar-refractivity contribution in [3.63, 3.8) is 0 Å². The van der Waals surface area contributed by atoms with E-state index in [-0.39, 0.29) is 41.0 Å². The molecule has 1 aliphatic carbocycles. The van der Waals surface area contributed by atoms with Crippen LogP contribution in [0.15, 0.2) is 29.3 Å². The summed E-state index contributed by atoms with van der Waals surface area (Å²) in [5, 5.41) is 3.70. The van der Waals surface area contributed by atoms with E-state index in [4.69, 9.17) is 10.5 Å². The summed E-state index contributed by atoms with van der Waals surface area (Å²) in [4.78, 5) is 28.8. The second-order valence-electron chi connectivity index (χ2n) is 8.31. The molecule has 2 amide bonds. The number of rotatable bonds is 8. The topological polar surface area (TPSA) is 140 Å². The predicted molar refractivity (Wildman–Crippen MR) is 127 cm³/mol. The number of primary amides is 1. The molecule has 0 saturated heterocycles. The lowest BCUT2D eigenvalue weighted by molar-refractivity contribution is 0.0786. The van der Waals surface area contributed by atoms with E-state index in [0.717, 1.165) is 17.8 Å². The Morgan fingerprint density at radius 1 is 1.24 bits per heavy atom. The summed E-state index contributed by atoms with van der Waals surface area (Å²) in [6.07, 6.45) is 3.79. The van der Waals surface area contributed by atoms with Gasteiger partial charge in [0.15, 0.2) is 0 Å². The zero-order valence-corrected chi connectivity index (χ0v) is 20.6. The van der Waals surface area contributed by atoms with E-state index in [9.17, 15) is 18.0 Å². The van der Waals surface area contributed by atoms with E-state index < -0.39 is 16.1 Å². The van der Waals surface area contributed by atoms with Gasteiger partial charge < -0.3 is 15.8 Å². The van der Waals surface area contributed by atoms with Crippen molar-refractivity contribution >= 4 is 33.4 Å². The zero-order valence-electron chi connectivity index (χ0n) is 19.0. The minimum Gasteiger partial charge on any atom is -0.446 e. The molecule has 1 saturated carbocycles. The normalized spacial score (nSPS) is 18.8. The van der Waals surface area contributed by atoms with Crippen molar-refractivity contribution in [1.29, 1.82) is 0 Å². The van der Waals surface area contributed by atoms with Crippen LogP contribution in [0.1, 0.15) is 67.7 Å². The summed E-state index contributed by atoms with van der Waals surface area (Å²) in [7, 11) is -3.82. The van der Waals surface area contributed by atoms with Crippen molar-refractivity contribution in [3.8, 4) is 10.4 Å². The molecule has 0 aliphatic heterocycles. The molecule has 3 rings (SSSR count). The monoisotopic (exact) mass is 494 g/mol. The number of nitrogens with zero attached hydrogens (tertiary/aromatic N) is 1. The van der Waals surface area contributed by atoms with Crippen LogP contribution in [-0.2, 0) is 14.8 Å². The highest BCUT2D eigenvalue weighted by molar-refractivity contribution is 7.89. The summed E-state index contributed by atoms with van der Waals surface area (Å²) in [6, 6.07) is 4.63. The van der Waals surface area contributed by atoms with E-state index >= 15 is 0 Å². The maximum absolute atomic E-state index is 12.9. The predicted octanol–water partition coefficient (Wildman–Crippen LogP) is 3.37. The van der Waals surface area contributed by atoms with E-state index in [1.165, 1.54) is 17.4 Å². The molecule has 0 bridgehead atoms. The Labute approximate surface area is 198 Å². The first kappa shape index (κ1) is 25.1. The molecule has 0 atom stereocenters. The molecule has 9 nitrogen and oxygen atoms in total. The maximum atomic E-state index is 12.9. The Balaban J connectivity index is 1.89. The van der Waals surface area contributed by atoms with E-state index in [1.54, 1.807) is 25.3 Å². The van der Waals surface area contributed by atoms with Crippen LogP contribution in [0.5, 0.6) is 0 Å². The number of carbonyl (C=O) groups excluding carboxylic acids is 2. The number of hydrogen-bond acceptors (Lipinski definition) is 7. The van der Waals surface area contributed by atoms with Crippen LogP contribution in [0, 0.1) is 0 Å². The lowest BCUT2D eigenvalue weighted by Crippen LogP contribution is -2.30. The molecule has 0 radical (unpaired) electrons. The number of aromatic nitrogens is 1. The number of thiazole rings is 1. The van der Waals surface area contributed by atoms with Crippen LogP contribution >= 0.6 is 11.3 Å². The van der Waals surface area contributed by atoms with Crippen LogP contribution < -0.4 is 15.8 Å².